The van der Waals surface area contributed by atoms with Gasteiger partial charge in [-0.25, -0.2) is 0 Å². The SMILES string of the molecule is CCC1(CNc2c(Cl)cc(N)cc2Cl)CC1. The smallest absolute Gasteiger partial charge is 0.0720 e. The van der Waals surface area contributed by atoms with Gasteiger partial charge in [-0.1, -0.05) is 30.1 Å². The summed E-state index contributed by atoms with van der Waals surface area (Å²) in [6, 6.07) is 3.45. The van der Waals surface area contributed by atoms with Crippen molar-refractivity contribution in [3.63, 3.8) is 0 Å². The van der Waals surface area contributed by atoms with Crippen molar-refractivity contribution in [2.45, 2.75) is 26.2 Å². The molecular formula is C12H16Cl2N2. The van der Waals surface area contributed by atoms with E-state index in [-0.39, 0.29) is 0 Å². The summed E-state index contributed by atoms with van der Waals surface area (Å²) in [4.78, 5) is 0. The van der Waals surface area contributed by atoms with Crippen molar-refractivity contribution in [2.75, 3.05) is 17.6 Å². The molecule has 4 heteroatoms. The predicted octanol–water partition coefficient (Wildman–Crippen LogP) is 4.18. The second-order valence-electron chi connectivity index (χ2n) is 4.57. The van der Waals surface area contributed by atoms with Crippen LogP contribution in [-0.4, -0.2) is 6.54 Å². The topological polar surface area (TPSA) is 38.0 Å². The Bertz CT molecular complexity index is 377. The molecule has 0 unspecified atom stereocenters. The quantitative estimate of drug-likeness (QED) is 0.796. The molecule has 1 saturated carbocycles. The van der Waals surface area contributed by atoms with Gasteiger partial charge in [0, 0.05) is 12.2 Å². The van der Waals surface area contributed by atoms with Crippen LogP contribution in [-0.2, 0) is 0 Å². The van der Waals surface area contributed by atoms with Gasteiger partial charge in [-0.15, -0.1) is 0 Å². The third-order valence-electron chi connectivity index (χ3n) is 3.41. The highest BCUT2D eigenvalue weighted by Gasteiger charge is 2.40. The van der Waals surface area contributed by atoms with Crippen LogP contribution in [0, 0.1) is 5.41 Å². The summed E-state index contributed by atoms with van der Waals surface area (Å²) in [6.45, 7) is 3.16. The average molecular weight is 259 g/mol. The minimum absolute atomic E-state index is 0.466. The molecule has 1 aromatic carbocycles. The van der Waals surface area contributed by atoms with E-state index >= 15 is 0 Å². The lowest BCUT2D eigenvalue weighted by Crippen LogP contribution is -2.14. The molecule has 88 valence electrons. The van der Waals surface area contributed by atoms with E-state index < -0.39 is 0 Å². The highest BCUT2D eigenvalue weighted by Crippen LogP contribution is 2.49. The first kappa shape index (κ1) is 11.9. The Morgan fingerprint density at radius 3 is 2.31 bits per heavy atom. The molecule has 0 aliphatic heterocycles. The molecule has 0 saturated heterocycles. The first-order valence-electron chi connectivity index (χ1n) is 5.55. The van der Waals surface area contributed by atoms with Crippen molar-refractivity contribution in [1.29, 1.82) is 0 Å². The number of anilines is 2. The van der Waals surface area contributed by atoms with Crippen LogP contribution in [0.4, 0.5) is 11.4 Å². The normalized spacial score (nSPS) is 17.2. The Morgan fingerprint density at radius 1 is 1.31 bits per heavy atom. The minimum atomic E-state index is 0.466. The van der Waals surface area contributed by atoms with E-state index in [0.717, 1.165) is 12.2 Å². The highest BCUT2D eigenvalue weighted by molar-refractivity contribution is 6.39. The van der Waals surface area contributed by atoms with Crippen LogP contribution in [0.15, 0.2) is 12.1 Å². The number of nitrogen functional groups attached to an aromatic ring is 1. The summed E-state index contributed by atoms with van der Waals surface area (Å²) >= 11 is 12.2. The molecule has 2 rings (SSSR count). The number of hydrogen-bond donors (Lipinski definition) is 2. The van der Waals surface area contributed by atoms with Crippen molar-refractivity contribution in [2.24, 2.45) is 5.41 Å². The van der Waals surface area contributed by atoms with Crippen molar-refractivity contribution in [3.8, 4) is 0 Å². The van der Waals surface area contributed by atoms with Crippen molar-refractivity contribution in [3.05, 3.63) is 22.2 Å². The lowest BCUT2D eigenvalue weighted by atomic mass is 10.0. The third kappa shape index (κ3) is 2.38. The van der Waals surface area contributed by atoms with E-state index in [0.29, 0.717) is 21.1 Å². The molecule has 0 radical (unpaired) electrons. The summed E-state index contributed by atoms with van der Waals surface area (Å²) in [5.74, 6) is 0. The van der Waals surface area contributed by atoms with Gasteiger partial charge in [0.25, 0.3) is 0 Å². The molecule has 1 aromatic rings. The van der Waals surface area contributed by atoms with Crippen molar-refractivity contribution < 1.29 is 0 Å². The van der Waals surface area contributed by atoms with E-state index in [1.54, 1.807) is 12.1 Å². The number of nitrogens with two attached hydrogens (primary N) is 1. The zero-order valence-corrected chi connectivity index (χ0v) is 10.8. The zero-order valence-electron chi connectivity index (χ0n) is 9.32. The summed E-state index contributed by atoms with van der Waals surface area (Å²) in [7, 11) is 0. The maximum atomic E-state index is 6.10. The van der Waals surface area contributed by atoms with Crippen LogP contribution in [0.2, 0.25) is 10.0 Å². The fraction of sp³-hybridized carbons (Fsp3) is 0.500. The maximum absolute atomic E-state index is 6.10. The Balaban J connectivity index is 2.09. The van der Waals surface area contributed by atoms with Gasteiger partial charge in [-0.3, -0.25) is 0 Å². The maximum Gasteiger partial charge on any atom is 0.0720 e. The Labute approximate surface area is 106 Å². The average Bonchev–Trinajstić information content (AvgIpc) is 2.97. The summed E-state index contributed by atoms with van der Waals surface area (Å²) in [5.41, 5.74) is 7.52. The molecule has 0 spiro atoms. The number of halogens is 2. The first-order valence-corrected chi connectivity index (χ1v) is 6.30. The Hall–Kier alpha value is -0.600. The van der Waals surface area contributed by atoms with Gasteiger partial charge in [0.1, 0.15) is 0 Å². The molecule has 0 amide bonds. The molecule has 1 aliphatic rings. The van der Waals surface area contributed by atoms with Crippen molar-refractivity contribution in [1.82, 2.24) is 0 Å². The summed E-state index contributed by atoms with van der Waals surface area (Å²) in [6.07, 6.45) is 3.78. The molecule has 1 aliphatic carbocycles. The largest absolute Gasteiger partial charge is 0.399 e. The second kappa shape index (κ2) is 4.34. The van der Waals surface area contributed by atoms with Crippen LogP contribution in [0.1, 0.15) is 26.2 Å². The second-order valence-corrected chi connectivity index (χ2v) is 5.38. The van der Waals surface area contributed by atoms with Gasteiger partial charge >= 0.3 is 0 Å². The summed E-state index contributed by atoms with van der Waals surface area (Å²) in [5, 5.41) is 4.53. The van der Waals surface area contributed by atoms with Crippen LogP contribution >= 0.6 is 23.2 Å². The third-order valence-corrected chi connectivity index (χ3v) is 4.01. The lowest BCUT2D eigenvalue weighted by Gasteiger charge is -2.16. The van der Waals surface area contributed by atoms with Crippen LogP contribution in [0.25, 0.3) is 0 Å². The van der Waals surface area contributed by atoms with Crippen molar-refractivity contribution >= 4 is 34.6 Å². The number of hydrogen-bond acceptors (Lipinski definition) is 2. The Morgan fingerprint density at radius 2 is 1.88 bits per heavy atom. The Kier molecular flexibility index (Phi) is 3.22. The molecule has 0 heterocycles. The number of nitrogens with one attached hydrogen (secondary N) is 1. The molecule has 3 N–H and O–H groups in total. The molecular weight excluding hydrogens is 243 g/mol. The first-order chi connectivity index (χ1) is 7.56. The monoisotopic (exact) mass is 258 g/mol. The van der Waals surface area contributed by atoms with E-state index in [1.807, 2.05) is 0 Å². The van der Waals surface area contributed by atoms with Gasteiger partial charge in [0.2, 0.25) is 0 Å². The molecule has 0 atom stereocenters. The van der Waals surface area contributed by atoms with E-state index in [9.17, 15) is 0 Å². The molecule has 16 heavy (non-hydrogen) atoms. The van der Waals surface area contributed by atoms with Gasteiger partial charge in [0.05, 0.1) is 15.7 Å². The van der Waals surface area contributed by atoms with Crippen LogP contribution in [0.5, 0.6) is 0 Å². The van der Waals surface area contributed by atoms with E-state index in [1.165, 1.54) is 19.3 Å². The van der Waals surface area contributed by atoms with Crippen LogP contribution < -0.4 is 11.1 Å². The molecule has 2 nitrogen and oxygen atoms in total. The molecule has 0 aromatic heterocycles. The summed E-state index contributed by atoms with van der Waals surface area (Å²) < 4.78 is 0. The van der Waals surface area contributed by atoms with E-state index in [4.69, 9.17) is 28.9 Å². The fourth-order valence-corrected chi connectivity index (χ4v) is 2.51. The number of benzene rings is 1. The standard InChI is InChI=1S/C12H16Cl2N2/c1-2-12(3-4-12)7-16-11-9(13)5-8(15)6-10(11)14/h5-6,16H,2-4,7,15H2,1H3. The molecule has 1 fully saturated rings. The van der Waals surface area contributed by atoms with Gasteiger partial charge in [-0.05, 0) is 36.8 Å². The van der Waals surface area contributed by atoms with Gasteiger partial charge in [-0.2, -0.15) is 0 Å². The van der Waals surface area contributed by atoms with Gasteiger partial charge < -0.3 is 11.1 Å². The van der Waals surface area contributed by atoms with E-state index in [2.05, 4.69) is 12.2 Å². The van der Waals surface area contributed by atoms with Crippen LogP contribution in [0.3, 0.4) is 0 Å². The zero-order chi connectivity index (χ0) is 11.8. The number of rotatable bonds is 4. The minimum Gasteiger partial charge on any atom is -0.399 e. The molecule has 0 bridgehead atoms. The highest BCUT2D eigenvalue weighted by atomic mass is 35.5. The fourth-order valence-electron chi connectivity index (χ4n) is 1.87. The lowest BCUT2D eigenvalue weighted by molar-refractivity contribution is 0.521. The van der Waals surface area contributed by atoms with Gasteiger partial charge in [0.15, 0.2) is 0 Å². The predicted molar refractivity (Wildman–Crippen MR) is 71.3 cm³/mol.